The molecular formula is C13H12F3N3O. The first-order valence-electron chi connectivity index (χ1n) is 6.30. The Kier molecular flexibility index (Phi) is 3.01. The number of halogens is 3. The number of alkyl halides is 3. The third kappa shape index (κ3) is 2.29. The Labute approximate surface area is 112 Å². The average Bonchev–Trinajstić information content (AvgIpc) is 2.89. The van der Waals surface area contributed by atoms with Gasteiger partial charge in [-0.2, -0.15) is 18.2 Å². The molecule has 1 unspecified atom stereocenters. The summed E-state index contributed by atoms with van der Waals surface area (Å²) in [7, 11) is 0. The van der Waals surface area contributed by atoms with E-state index in [1.807, 2.05) is 0 Å². The molecule has 1 fully saturated rings. The molecule has 0 spiro atoms. The Morgan fingerprint density at radius 3 is 2.75 bits per heavy atom. The number of fused-ring (bicyclic) bond motifs is 1. The summed E-state index contributed by atoms with van der Waals surface area (Å²) in [6, 6.07) is 3.11. The maximum Gasteiger partial charge on any atom is 0.416 e. The fourth-order valence-corrected chi connectivity index (χ4v) is 2.55. The van der Waals surface area contributed by atoms with E-state index in [0.29, 0.717) is 11.1 Å². The SMILES string of the molecule is O=c1nc2ccc(C(F)(F)F)cc2c(C2CCCN2)[nH]1. The van der Waals surface area contributed by atoms with Crippen LogP contribution in [0.4, 0.5) is 13.2 Å². The molecule has 7 heteroatoms. The van der Waals surface area contributed by atoms with Crippen LogP contribution in [0.5, 0.6) is 0 Å². The largest absolute Gasteiger partial charge is 0.416 e. The zero-order valence-electron chi connectivity index (χ0n) is 10.4. The van der Waals surface area contributed by atoms with Crippen molar-refractivity contribution in [3.63, 3.8) is 0 Å². The van der Waals surface area contributed by atoms with Gasteiger partial charge < -0.3 is 10.3 Å². The number of hydrogen-bond acceptors (Lipinski definition) is 3. The normalized spacial score (nSPS) is 19.6. The monoisotopic (exact) mass is 283 g/mol. The van der Waals surface area contributed by atoms with Gasteiger partial charge >= 0.3 is 11.9 Å². The molecule has 1 aromatic heterocycles. The number of rotatable bonds is 1. The highest BCUT2D eigenvalue weighted by molar-refractivity contribution is 5.82. The molecule has 2 N–H and O–H groups in total. The second-order valence-corrected chi connectivity index (χ2v) is 4.83. The lowest BCUT2D eigenvalue weighted by Crippen LogP contribution is -2.21. The molecule has 0 bridgehead atoms. The number of hydrogen-bond donors (Lipinski definition) is 2. The molecule has 1 atom stereocenters. The summed E-state index contributed by atoms with van der Waals surface area (Å²) in [6.07, 6.45) is -2.70. The van der Waals surface area contributed by atoms with E-state index >= 15 is 0 Å². The minimum Gasteiger partial charge on any atom is -0.309 e. The van der Waals surface area contributed by atoms with Crippen LogP contribution in [0.3, 0.4) is 0 Å². The van der Waals surface area contributed by atoms with Gasteiger partial charge in [-0.1, -0.05) is 0 Å². The highest BCUT2D eigenvalue weighted by Crippen LogP contribution is 2.33. The van der Waals surface area contributed by atoms with E-state index in [-0.39, 0.29) is 11.6 Å². The molecule has 1 aromatic carbocycles. The van der Waals surface area contributed by atoms with Gasteiger partial charge in [-0.05, 0) is 37.6 Å². The van der Waals surface area contributed by atoms with E-state index < -0.39 is 17.4 Å². The van der Waals surface area contributed by atoms with E-state index in [2.05, 4.69) is 15.3 Å². The second-order valence-electron chi connectivity index (χ2n) is 4.83. The summed E-state index contributed by atoms with van der Waals surface area (Å²) in [5.74, 6) is 0. The molecule has 106 valence electrons. The van der Waals surface area contributed by atoms with E-state index in [1.54, 1.807) is 0 Å². The number of nitrogens with one attached hydrogen (secondary N) is 2. The molecule has 0 radical (unpaired) electrons. The van der Waals surface area contributed by atoms with E-state index in [0.717, 1.165) is 31.5 Å². The molecule has 20 heavy (non-hydrogen) atoms. The summed E-state index contributed by atoms with van der Waals surface area (Å²) in [5.41, 5.74) is -0.506. The second kappa shape index (κ2) is 4.59. The van der Waals surface area contributed by atoms with Crippen molar-refractivity contribution in [2.75, 3.05) is 6.54 Å². The standard InChI is InChI=1S/C13H12F3N3O/c14-13(15,16)7-3-4-9-8(6-7)11(19-12(20)18-9)10-2-1-5-17-10/h3-4,6,10,17H,1-2,5H2,(H,18,19,20). The van der Waals surface area contributed by atoms with Gasteiger partial charge in [-0.25, -0.2) is 4.79 Å². The van der Waals surface area contributed by atoms with Crippen LogP contribution in [-0.2, 0) is 6.18 Å². The predicted molar refractivity (Wildman–Crippen MR) is 67.3 cm³/mol. The van der Waals surface area contributed by atoms with E-state index in [9.17, 15) is 18.0 Å². The first-order valence-corrected chi connectivity index (χ1v) is 6.30. The lowest BCUT2D eigenvalue weighted by Gasteiger charge is -2.14. The van der Waals surface area contributed by atoms with Gasteiger partial charge in [-0.15, -0.1) is 0 Å². The number of benzene rings is 1. The Balaban J connectivity index is 2.23. The van der Waals surface area contributed by atoms with Gasteiger partial charge in [0.1, 0.15) is 0 Å². The Bertz CT molecular complexity index is 702. The fourth-order valence-electron chi connectivity index (χ4n) is 2.55. The van der Waals surface area contributed by atoms with Crippen LogP contribution < -0.4 is 11.0 Å². The van der Waals surface area contributed by atoms with Crippen molar-refractivity contribution >= 4 is 10.9 Å². The van der Waals surface area contributed by atoms with Crippen LogP contribution in [0.2, 0.25) is 0 Å². The van der Waals surface area contributed by atoms with Gasteiger partial charge in [0.15, 0.2) is 0 Å². The summed E-state index contributed by atoms with van der Waals surface area (Å²) in [6.45, 7) is 0.787. The van der Waals surface area contributed by atoms with E-state index in [4.69, 9.17) is 0 Å². The lowest BCUT2D eigenvalue weighted by atomic mass is 10.0. The van der Waals surface area contributed by atoms with Crippen molar-refractivity contribution in [3.8, 4) is 0 Å². The molecule has 2 aromatic rings. The van der Waals surface area contributed by atoms with Gasteiger partial charge in [0.25, 0.3) is 0 Å². The van der Waals surface area contributed by atoms with Crippen LogP contribution in [0.25, 0.3) is 10.9 Å². The highest BCUT2D eigenvalue weighted by atomic mass is 19.4. The lowest BCUT2D eigenvalue weighted by molar-refractivity contribution is -0.137. The Morgan fingerprint density at radius 2 is 2.10 bits per heavy atom. The smallest absolute Gasteiger partial charge is 0.309 e. The number of H-pyrrole nitrogens is 1. The van der Waals surface area contributed by atoms with Gasteiger partial charge in [-0.3, -0.25) is 0 Å². The van der Waals surface area contributed by atoms with Crippen LogP contribution in [0.15, 0.2) is 23.0 Å². The molecule has 1 saturated heterocycles. The molecule has 0 amide bonds. The van der Waals surface area contributed by atoms with Gasteiger partial charge in [0.2, 0.25) is 0 Å². The zero-order chi connectivity index (χ0) is 14.3. The van der Waals surface area contributed by atoms with Crippen LogP contribution in [0.1, 0.15) is 30.1 Å². The van der Waals surface area contributed by atoms with Gasteiger partial charge in [0.05, 0.1) is 11.1 Å². The molecule has 2 heterocycles. The maximum atomic E-state index is 12.8. The molecule has 4 nitrogen and oxygen atoms in total. The fraction of sp³-hybridized carbons (Fsp3) is 0.385. The number of nitrogens with zero attached hydrogens (tertiary/aromatic N) is 1. The van der Waals surface area contributed by atoms with Crippen molar-refractivity contribution in [1.82, 2.24) is 15.3 Å². The van der Waals surface area contributed by atoms with Crippen molar-refractivity contribution in [1.29, 1.82) is 0 Å². The third-order valence-electron chi connectivity index (χ3n) is 3.49. The third-order valence-corrected chi connectivity index (χ3v) is 3.49. The minimum absolute atomic E-state index is 0.128. The van der Waals surface area contributed by atoms with Crippen LogP contribution >= 0.6 is 0 Å². The molecule has 1 aliphatic rings. The average molecular weight is 283 g/mol. The summed E-state index contributed by atoms with van der Waals surface area (Å²) in [4.78, 5) is 17.8. The minimum atomic E-state index is -4.41. The predicted octanol–water partition coefficient (Wildman–Crippen LogP) is 2.37. The number of aromatic amines is 1. The van der Waals surface area contributed by atoms with Crippen LogP contribution in [-0.4, -0.2) is 16.5 Å². The van der Waals surface area contributed by atoms with Crippen LogP contribution in [0, 0.1) is 0 Å². The maximum absolute atomic E-state index is 12.8. The summed E-state index contributed by atoms with van der Waals surface area (Å²) >= 11 is 0. The van der Waals surface area contributed by atoms with Crippen molar-refractivity contribution in [3.05, 3.63) is 39.9 Å². The highest BCUT2D eigenvalue weighted by Gasteiger charge is 2.31. The summed E-state index contributed by atoms with van der Waals surface area (Å²) < 4.78 is 38.4. The molecule has 0 saturated carbocycles. The topological polar surface area (TPSA) is 57.8 Å². The molecule has 1 aliphatic heterocycles. The van der Waals surface area contributed by atoms with E-state index in [1.165, 1.54) is 6.07 Å². The Hall–Kier alpha value is -1.89. The molecular weight excluding hydrogens is 271 g/mol. The van der Waals surface area contributed by atoms with Gasteiger partial charge in [0, 0.05) is 17.1 Å². The Morgan fingerprint density at radius 1 is 1.30 bits per heavy atom. The quantitative estimate of drug-likeness (QED) is 0.844. The van der Waals surface area contributed by atoms with Crippen molar-refractivity contribution in [2.24, 2.45) is 0 Å². The number of aromatic nitrogens is 2. The van der Waals surface area contributed by atoms with Crippen molar-refractivity contribution < 1.29 is 13.2 Å². The summed E-state index contributed by atoms with van der Waals surface area (Å²) in [5, 5.41) is 3.52. The molecule has 0 aliphatic carbocycles. The molecule has 3 rings (SSSR count). The zero-order valence-corrected chi connectivity index (χ0v) is 10.4. The van der Waals surface area contributed by atoms with Crippen molar-refractivity contribution in [2.45, 2.75) is 25.1 Å². The first-order chi connectivity index (χ1) is 9.45. The first kappa shape index (κ1) is 13.1.